The van der Waals surface area contributed by atoms with Gasteiger partial charge in [0.1, 0.15) is 6.10 Å². The van der Waals surface area contributed by atoms with E-state index in [1.165, 1.54) is 122 Å². The smallest absolute Gasteiger partial charge is 0.306 e. The summed E-state index contributed by atoms with van der Waals surface area (Å²) < 4.78 is 24.8. The van der Waals surface area contributed by atoms with E-state index in [0.29, 0.717) is 26.1 Å². The molecule has 0 aromatic carbocycles. The maximum atomic E-state index is 12.9. The molecule has 1 aliphatic rings. The number of nitrogens with zero attached hydrogens (tertiary/aromatic N) is 1. The van der Waals surface area contributed by atoms with Crippen LogP contribution in [0.5, 0.6) is 0 Å². The minimum Gasteiger partial charge on any atom is -0.466 e. The molecule has 1 saturated heterocycles. The Morgan fingerprint density at radius 2 is 1.00 bits per heavy atom. The number of carbonyl (C=O) groups is 2. The van der Waals surface area contributed by atoms with Crippen molar-refractivity contribution in [2.24, 2.45) is 0 Å². The lowest BCUT2D eigenvalue weighted by Crippen LogP contribution is -2.31. The topological polar surface area (TPSA) is 74.3 Å². The Morgan fingerprint density at radius 1 is 0.561 bits per heavy atom. The third-order valence-corrected chi connectivity index (χ3v) is 12.0. The van der Waals surface area contributed by atoms with Gasteiger partial charge in [0.2, 0.25) is 0 Å². The quantitative estimate of drug-likeness (QED) is 0.0449. The Balaban J connectivity index is 2.36. The molecule has 0 aromatic heterocycles. The first-order chi connectivity index (χ1) is 27.8. The number of hydrogen-bond acceptors (Lipinski definition) is 7. The first-order valence-electron chi connectivity index (χ1n) is 25.2. The molecule has 7 heteroatoms. The molecule has 0 bridgehead atoms. The van der Waals surface area contributed by atoms with Gasteiger partial charge in [-0.05, 0) is 91.3 Å². The van der Waals surface area contributed by atoms with Crippen LogP contribution in [-0.4, -0.2) is 68.7 Å². The molecular formula is C50H97NO6. The molecule has 0 radical (unpaired) electrons. The zero-order valence-corrected chi connectivity index (χ0v) is 38.8. The maximum absolute atomic E-state index is 12.9. The lowest BCUT2D eigenvalue weighted by molar-refractivity contribution is -0.180. The highest BCUT2D eigenvalue weighted by Crippen LogP contribution is 2.36. The van der Waals surface area contributed by atoms with Crippen LogP contribution in [0.25, 0.3) is 0 Å². The highest BCUT2D eigenvalue weighted by Gasteiger charge is 2.40. The second-order valence-electron chi connectivity index (χ2n) is 18.0. The summed E-state index contributed by atoms with van der Waals surface area (Å²) in [6, 6.07) is 0. The minimum atomic E-state index is -0.496. The van der Waals surface area contributed by atoms with E-state index in [0.717, 1.165) is 109 Å². The number of carbonyl (C=O) groups excluding carboxylic acids is 2. The molecule has 1 fully saturated rings. The van der Waals surface area contributed by atoms with Crippen molar-refractivity contribution < 1.29 is 28.5 Å². The van der Waals surface area contributed by atoms with Crippen molar-refractivity contribution in [1.29, 1.82) is 0 Å². The van der Waals surface area contributed by atoms with E-state index >= 15 is 0 Å². The molecule has 0 saturated carbocycles. The number of esters is 2. The summed E-state index contributed by atoms with van der Waals surface area (Å²) in [6.45, 7) is 9.10. The second kappa shape index (κ2) is 39.0. The van der Waals surface area contributed by atoms with Gasteiger partial charge < -0.3 is 23.8 Å². The van der Waals surface area contributed by atoms with Crippen molar-refractivity contribution >= 4 is 11.9 Å². The van der Waals surface area contributed by atoms with Gasteiger partial charge in [0, 0.05) is 25.7 Å². The van der Waals surface area contributed by atoms with Crippen molar-refractivity contribution in [3.8, 4) is 0 Å². The third kappa shape index (κ3) is 33.3. The molecular weight excluding hydrogens is 711 g/mol. The molecule has 7 nitrogen and oxygen atoms in total. The standard InChI is InChI=1S/C50H97NO6/c1-6-9-12-15-18-19-20-26-34-44-54-48(52)39-31-27-33-42-50(55-45-47(57-50)38-35-43-51(4)5)41-32-25-21-24-30-40-49(53)56-46(36-28-22-16-13-10-7-2)37-29-23-17-14-11-8-3/h46-47H,6-45H2,1-5H3/t47?,50-/m1/s1. The summed E-state index contributed by atoms with van der Waals surface area (Å²) in [7, 11) is 4.25. The van der Waals surface area contributed by atoms with Crippen molar-refractivity contribution in [2.45, 2.75) is 276 Å². The number of hydrogen-bond donors (Lipinski definition) is 0. The van der Waals surface area contributed by atoms with Crippen LogP contribution in [0, 0.1) is 0 Å². The summed E-state index contributed by atoms with van der Waals surface area (Å²) in [5.41, 5.74) is 0. The van der Waals surface area contributed by atoms with E-state index in [4.69, 9.17) is 18.9 Å². The lowest BCUT2D eigenvalue weighted by Gasteiger charge is -2.28. The largest absolute Gasteiger partial charge is 0.466 e. The maximum Gasteiger partial charge on any atom is 0.306 e. The van der Waals surface area contributed by atoms with Crippen LogP contribution in [0.3, 0.4) is 0 Å². The summed E-state index contributed by atoms with van der Waals surface area (Å²) in [4.78, 5) is 27.4. The van der Waals surface area contributed by atoms with E-state index in [2.05, 4.69) is 39.8 Å². The molecule has 1 aliphatic heterocycles. The first kappa shape index (κ1) is 53.8. The van der Waals surface area contributed by atoms with E-state index in [-0.39, 0.29) is 24.1 Å². The highest BCUT2D eigenvalue weighted by molar-refractivity contribution is 5.69. The summed E-state index contributed by atoms with van der Waals surface area (Å²) in [6.07, 6.45) is 42.2. The molecule has 338 valence electrons. The van der Waals surface area contributed by atoms with Gasteiger partial charge in [-0.25, -0.2) is 0 Å². The zero-order chi connectivity index (χ0) is 41.5. The lowest BCUT2D eigenvalue weighted by atomic mass is 9.99. The van der Waals surface area contributed by atoms with Gasteiger partial charge in [0.05, 0.1) is 19.3 Å². The van der Waals surface area contributed by atoms with Crippen molar-refractivity contribution in [3.63, 3.8) is 0 Å². The Labute approximate surface area is 354 Å². The van der Waals surface area contributed by atoms with Gasteiger partial charge in [0.15, 0.2) is 5.79 Å². The fourth-order valence-electron chi connectivity index (χ4n) is 8.30. The van der Waals surface area contributed by atoms with Crippen molar-refractivity contribution in [2.75, 3.05) is 33.9 Å². The predicted molar refractivity (Wildman–Crippen MR) is 241 cm³/mol. The van der Waals surface area contributed by atoms with Crippen LogP contribution in [0.1, 0.15) is 258 Å². The molecule has 57 heavy (non-hydrogen) atoms. The molecule has 0 amide bonds. The Morgan fingerprint density at radius 3 is 1.53 bits per heavy atom. The molecule has 1 unspecified atom stereocenters. The fourth-order valence-corrected chi connectivity index (χ4v) is 8.30. The zero-order valence-electron chi connectivity index (χ0n) is 38.8. The summed E-state index contributed by atoms with van der Waals surface area (Å²) in [5.74, 6) is -0.534. The van der Waals surface area contributed by atoms with E-state index in [1.807, 2.05) is 0 Å². The van der Waals surface area contributed by atoms with Gasteiger partial charge in [-0.15, -0.1) is 0 Å². The average molecular weight is 808 g/mol. The Bertz CT molecular complexity index is 882. The monoisotopic (exact) mass is 808 g/mol. The van der Waals surface area contributed by atoms with Gasteiger partial charge >= 0.3 is 11.9 Å². The van der Waals surface area contributed by atoms with Crippen LogP contribution in [0.4, 0.5) is 0 Å². The van der Waals surface area contributed by atoms with Gasteiger partial charge in [0.25, 0.3) is 0 Å². The molecule has 0 aliphatic carbocycles. The minimum absolute atomic E-state index is 0.0102. The van der Waals surface area contributed by atoms with Crippen molar-refractivity contribution in [1.82, 2.24) is 4.90 Å². The van der Waals surface area contributed by atoms with Crippen LogP contribution >= 0.6 is 0 Å². The van der Waals surface area contributed by atoms with E-state index in [1.54, 1.807) is 0 Å². The Hall–Kier alpha value is -1.18. The van der Waals surface area contributed by atoms with Gasteiger partial charge in [-0.1, -0.05) is 162 Å². The van der Waals surface area contributed by atoms with Crippen LogP contribution < -0.4 is 0 Å². The Kier molecular flexibility index (Phi) is 36.8. The summed E-state index contributed by atoms with van der Waals surface area (Å²) >= 11 is 0. The van der Waals surface area contributed by atoms with Gasteiger partial charge in [-0.2, -0.15) is 0 Å². The molecule has 0 spiro atoms. The van der Waals surface area contributed by atoms with E-state index in [9.17, 15) is 9.59 Å². The van der Waals surface area contributed by atoms with Crippen LogP contribution in [0.15, 0.2) is 0 Å². The molecule has 0 aromatic rings. The van der Waals surface area contributed by atoms with Crippen LogP contribution in [-0.2, 0) is 28.5 Å². The normalized spacial score (nSPS) is 16.9. The fraction of sp³-hybridized carbons (Fsp3) is 0.960. The number of ether oxygens (including phenoxy) is 4. The number of unbranched alkanes of at least 4 members (excludes halogenated alkanes) is 24. The molecule has 1 rings (SSSR count). The predicted octanol–water partition coefficient (Wildman–Crippen LogP) is 14.6. The first-order valence-corrected chi connectivity index (χ1v) is 25.2. The van der Waals surface area contributed by atoms with Crippen molar-refractivity contribution in [3.05, 3.63) is 0 Å². The SMILES string of the molecule is CCCCCCCCCCCOC(=O)CCCCC[C@]1(CCCCCCCC(=O)OC(CCCCCCCC)CCCCCCCC)OCC(CCCN(C)C)O1. The highest BCUT2D eigenvalue weighted by atomic mass is 16.7. The third-order valence-electron chi connectivity index (χ3n) is 12.0. The van der Waals surface area contributed by atoms with Crippen LogP contribution in [0.2, 0.25) is 0 Å². The van der Waals surface area contributed by atoms with Gasteiger partial charge in [-0.3, -0.25) is 9.59 Å². The average Bonchev–Trinajstić information content (AvgIpc) is 3.59. The summed E-state index contributed by atoms with van der Waals surface area (Å²) in [5, 5.41) is 0. The number of rotatable bonds is 43. The molecule has 1 heterocycles. The molecule has 0 N–H and O–H groups in total. The second-order valence-corrected chi connectivity index (χ2v) is 18.0. The van der Waals surface area contributed by atoms with E-state index < -0.39 is 5.79 Å². The molecule has 2 atom stereocenters.